The summed E-state index contributed by atoms with van der Waals surface area (Å²) < 4.78 is 1.81. The Hall–Kier alpha value is -2.70. The van der Waals surface area contributed by atoms with E-state index in [0.29, 0.717) is 5.95 Å². The van der Waals surface area contributed by atoms with Gasteiger partial charge in [0.05, 0.1) is 22.6 Å². The lowest BCUT2D eigenvalue weighted by atomic mass is 10.2. The first-order valence-corrected chi connectivity index (χ1v) is 10.6. The fourth-order valence-electron chi connectivity index (χ4n) is 3.80. The van der Waals surface area contributed by atoms with Crippen molar-refractivity contribution in [1.82, 2.24) is 24.6 Å². The Kier molecular flexibility index (Phi) is 6.16. The molecule has 1 saturated heterocycles. The van der Waals surface area contributed by atoms with Crippen molar-refractivity contribution in [3.05, 3.63) is 70.3 Å². The highest BCUT2D eigenvalue weighted by Crippen LogP contribution is 2.26. The molecule has 156 valence electrons. The van der Waals surface area contributed by atoms with Crippen LogP contribution in [0.3, 0.4) is 0 Å². The zero-order chi connectivity index (χ0) is 21.1. The van der Waals surface area contributed by atoms with E-state index in [1.807, 2.05) is 49.0 Å². The predicted molar refractivity (Wildman–Crippen MR) is 123 cm³/mol. The number of halogens is 1. The Balaban J connectivity index is 1.36. The summed E-state index contributed by atoms with van der Waals surface area (Å²) in [7, 11) is 0. The molecule has 3 aromatic rings. The largest absolute Gasteiger partial charge is 0.368 e. The van der Waals surface area contributed by atoms with E-state index >= 15 is 0 Å². The van der Waals surface area contributed by atoms with Gasteiger partial charge in [-0.25, -0.2) is 14.6 Å². The summed E-state index contributed by atoms with van der Waals surface area (Å²) in [5.41, 5.74) is 5.15. The lowest BCUT2D eigenvalue weighted by Gasteiger charge is -2.36. The molecule has 1 fully saturated rings. The standard InChI is InChI=1S/C23H27ClN6/c1-17-15-18(2)27-23(26-17)30-19(3)20(16-25-30)7-6-10-28-11-13-29(14-12-28)22-9-5-4-8-21(22)24/h4-9,15-16H,10-14H2,1-3H3. The van der Waals surface area contributed by atoms with E-state index in [1.54, 1.807) is 0 Å². The van der Waals surface area contributed by atoms with Gasteiger partial charge in [0.1, 0.15) is 0 Å². The van der Waals surface area contributed by atoms with Gasteiger partial charge in [-0.1, -0.05) is 35.9 Å². The molecule has 7 heteroatoms. The van der Waals surface area contributed by atoms with Gasteiger partial charge >= 0.3 is 0 Å². The van der Waals surface area contributed by atoms with Crippen LogP contribution in [0.2, 0.25) is 5.02 Å². The zero-order valence-electron chi connectivity index (χ0n) is 17.7. The fourth-order valence-corrected chi connectivity index (χ4v) is 4.05. The number of aryl methyl sites for hydroxylation is 2. The van der Waals surface area contributed by atoms with E-state index in [4.69, 9.17) is 11.6 Å². The molecule has 30 heavy (non-hydrogen) atoms. The average molecular weight is 423 g/mol. The summed E-state index contributed by atoms with van der Waals surface area (Å²) in [5, 5.41) is 5.32. The van der Waals surface area contributed by atoms with Gasteiger partial charge in [0.2, 0.25) is 0 Å². The molecular formula is C23H27ClN6. The minimum Gasteiger partial charge on any atom is -0.368 e. The molecule has 0 amide bonds. The van der Waals surface area contributed by atoms with Crippen LogP contribution in [0.25, 0.3) is 12.0 Å². The van der Waals surface area contributed by atoms with Crippen LogP contribution in [-0.2, 0) is 0 Å². The van der Waals surface area contributed by atoms with Crippen LogP contribution >= 0.6 is 11.6 Å². The maximum absolute atomic E-state index is 6.34. The number of piperazine rings is 1. The van der Waals surface area contributed by atoms with Gasteiger partial charge in [-0.05, 0) is 39.0 Å². The highest BCUT2D eigenvalue weighted by molar-refractivity contribution is 6.33. The molecule has 2 aromatic heterocycles. The van der Waals surface area contributed by atoms with E-state index in [9.17, 15) is 0 Å². The molecule has 0 N–H and O–H groups in total. The van der Waals surface area contributed by atoms with Crippen LogP contribution in [0.15, 0.2) is 42.6 Å². The molecule has 0 atom stereocenters. The van der Waals surface area contributed by atoms with Crippen molar-refractivity contribution in [2.24, 2.45) is 0 Å². The van der Waals surface area contributed by atoms with Crippen LogP contribution in [0.4, 0.5) is 5.69 Å². The first-order valence-electron chi connectivity index (χ1n) is 10.3. The second kappa shape index (κ2) is 8.98. The molecule has 3 heterocycles. The molecule has 0 spiro atoms. The molecule has 1 aliphatic heterocycles. The van der Waals surface area contributed by atoms with E-state index in [-0.39, 0.29) is 0 Å². The molecule has 1 aliphatic rings. The smallest absolute Gasteiger partial charge is 0.251 e. The Morgan fingerprint density at radius 1 is 1.00 bits per heavy atom. The molecule has 4 rings (SSSR count). The third-order valence-corrected chi connectivity index (χ3v) is 5.75. The van der Waals surface area contributed by atoms with Gasteiger partial charge in [-0.3, -0.25) is 4.90 Å². The van der Waals surface area contributed by atoms with Gasteiger partial charge in [-0.15, -0.1) is 0 Å². The normalized spacial score (nSPS) is 15.3. The molecular weight excluding hydrogens is 396 g/mol. The van der Waals surface area contributed by atoms with Crippen molar-refractivity contribution in [2.45, 2.75) is 20.8 Å². The Bertz CT molecular complexity index is 1030. The molecule has 0 saturated carbocycles. The molecule has 0 bridgehead atoms. The minimum atomic E-state index is 0.625. The molecule has 6 nitrogen and oxygen atoms in total. The summed E-state index contributed by atoms with van der Waals surface area (Å²) in [6, 6.07) is 10.0. The number of nitrogens with zero attached hydrogens (tertiary/aromatic N) is 6. The molecule has 0 aliphatic carbocycles. The quantitative estimate of drug-likeness (QED) is 0.620. The first kappa shape index (κ1) is 20.6. The van der Waals surface area contributed by atoms with Crippen LogP contribution < -0.4 is 4.90 Å². The molecule has 1 aromatic carbocycles. The van der Waals surface area contributed by atoms with Crippen LogP contribution in [0, 0.1) is 20.8 Å². The van der Waals surface area contributed by atoms with Gasteiger partial charge in [0.25, 0.3) is 5.95 Å². The highest BCUT2D eigenvalue weighted by Gasteiger charge is 2.18. The van der Waals surface area contributed by atoms with Crippen molar-refractivity contribution < 1.29 is 0 Å². The third kappa shape index (κ3) is 4.55. The van der Waals surface area contributed by atoms with Gasteiger partial charge in [-0.2, -0.15) is 5.10 Å². The summed E-state index contributed by atoms with van der Waals surface area (Å²) in [6.45, 7) is 10.9. The van der Waals surface area contributed by atoms with Crippen LogP contribution in [0.1, 0.15) is 22.6 Å². The highest BCUT2D eigenvalue weighted by atomic mass is 35.5. The van der Waals surface area contributed by atoms with Gasteiger partial charge in [0, 0.05) is 49.7 Å². The predicted octanol–water partition coefficient (Wildman–Crippen LogP) is 4.08. The summed E-state index contributed by atoms with van der Waals surface area (Å²) >= 11 is 6.34. The second-order valence-electron chi connectivity index (χ2n) is 7.69. The lowest BCUT2D eigenvalue weighted by molar-refractivity contribution is 0.284. The Labute approximate surface area is 182 Å². The fraction of sp³-hybridized carbons (Fsp3) is 0.348. The van der Waals surface area contributed by atoms with Crippen molar-refractivity contribution in [2.75, 3.05) is 37.6 Å². The number of anilines is 1. The monoisotopic (exact) mass is 422 g/mol. The number of rotatable bonds is 5. The maximum atomic E-state index is 6.34. The third-order valence-electron chi connectivity index (χ3n) is 5.43. The Morgan fingerprint density at radius 3 is 2.40 bits per heavy atom. The van der Waals surface area contributed by atoms with Crippen molar-refractivity contribution in [1.29, 1.82) is 0 Å². The van der Waals surface area contributed by atoms with Gasteiger partial charge < -0.3 is 4.90 Å². The molecule has 0 unspecified atom stereocenters. The summed E-state index contributed by atoms with van der Waals surface area (Å²) in [5.74, 6) is 0.625. The summed E-state index contributed by atoms with van der Waals surface area (Å²) in [6.07, 6.45) is 6.23. The number of benzene rings is 1. The lowest BCUT2D eigenvalue weighted by Crippen LogP contribution is -2.46. The topological polar surface area (TPSA) is 50.1 Å². The average Bonchev–Trinajstić information content (AvgIpc) is 3.09. The number of aromatic nitrogens is 4. The molecule has 0 radical (unpaired) electrons. The van der Waals surface area contributed by atoms with Crippen molar-refractivity contribution >= 4 is 23.4 Å². The van der Waals surface area contributed by atoms with Crippen molar-refractivity contribution in [3.63, 3.8) is 0 Å². The van der Waals surface area contributed by atoms with E-state index < -0.39 is 0 Å². The Morgan fingerprint density at radius 2 is 1.70 bits per heavy atom. The van der Waals surface area contributed by atoms with Crippen molar-refractivity contribution in [3.8, 4) is 5.95 Å². The first-order chi connectivity index (χ1) is 14.5. The van der Waals surface area contributed by atoms with Crippen LogP contribution in [-0.4, -0.2) is 57.4 Å². The van der Waals surface area contributed by atoms with Crippen LogP contribution in [0.5, 0.6) is 0 Å². The second-order valence-corrected chi connectivity index (χ2v) is 8.10. The van der Waals surface area contributed by atoms with Gasteiger partial charge in [0.15, 0.2) is 0 Å². The summed E-state index contributed by atoms with van der Waals surface area (Å²) in [4.78, 5) is 13.8. The number of para-hydroxylation sites is 1. The SMILES string of the molecule is Cc1cc(C)nc(-n2ncc(C=CCN3CCN(c4ccccc4Cl)CC3)c2C)n1. The van der Waals surface area contributed by atoms with E-state index in [1.165, 1.54) is 0 Å². The van der Waals surface area contributed by atoms with E-state index in [0.717, 1.165) is 66.1 Å². The zero-order valence-corrected chi connectivity index (χ0v) is 18.5. The minimum absolute atomic E-state index is 0.625. The van der Waals surface area contributed by atoms with E-state index in [2.05, 4.69) is 50.0 Å². The maximum Gasteiger partial charge on any atom is 0.251 e. The number of hydrogen-bond donors (Lipinski definition) is 0. The number of hydrogen-bond acceptors (Lipinski definition) is 5.